The number of halogens is 2. The summed E-state index contributed by atoms with van der Waals surface area (Å²) < 4.78 is 28.5. The van der Waals surface area contributed by atoms with Crippen LogP contribution < -0.4 is 5.32 Å². The van der Waals surface area contributed by atoms with E-state index in [-0.39, 0.29) is 11.5 Å². The van der Waals surface area contributed by atoms with E-state index in [9.17, 15) is 18.7 Å². The number of hydrogen-bond donors (Lipinski definition) is 2. The first kappa shape index (κ1) is 18.5. The Bertz CT molecular complexity index is 1050. The van der Waals surface area contributed by atoms with Crippen molar-refractivity contribution < 1.29 is 18.7 Å². The Kier molecular flexibility index (Phi) is 4.81. The number of carbonyl (C=O) groups excluding carboxylic acids is 1. The van der Waals surface area contributed by atoms with Crippen LogP contribution in [0.25, 0.3) is 10.9 Å². The number of aryl methyl sites for hydroxylation is 1. The van der Waals surface area contributed by atoms with Crippen molar-refractivity contribution in [1.29, 1.82) is 0 Å². The average Bonchev–Trinajstić information content (AvgIpc) is 2.67. The monoisotopic (exact) mass is 382 g/mol. The van der Waals surface area contributed by atoms with Gasteiger partial charge in [-0.05, 0) is 55.0 Å². The molecule has 144 valence electrons. The second-order valence-electron chi connectivity index (χ2n) is 7.35. The molecule has 1 heterocycles. The van der Waals surface area contributed by atoms with Crippen molar-refractivity contribution in [2.45, 2.75) is 31.9 Å². The predicted molar refractivity (Wildman–Crippen MR) is 102 cm³/mol. The Hall–Kier alpha value is -2.86. The van der Waals surface area contributed by atoms with E-state index in [1.54, 1.807) is 6.20 Å². The van der Waals surface area contributed by atoms with Gasteiger partial charge >= 0.3 is 0 Å². The van der Waals surface area contributed by atoms with Crippen LogP contribution in [0, 0.1) is 24.5 Å². The minimum Gasteiger partial charge on any atom is -0.393 e. The highest BCUT2D eigenvalue weighted by atomic mass is 19.1. The van der Waals surface area contributed by atoms with E-state index in [0.29, 0.717) is 12.8 Å². The number of nitrogens with one attached hydrogen (secondary N) is 1. The lowest BCUT2D eigenvalue weighted by atomic mass is 9.75. The van der Waals surface area contributed by atoms with Gasteiger partial charge in [-0.2, -0.15) is 0 Å². The standard InChI is InChI=1S/C22H20F2N2O2/c1-12-6-7-17(23)19(20(12)24)22(28)26-21(14-9-16(27)10-14)15-8-13-4-2-3-5-18(13)25-11-15/h2-8,11,14,16,21,27H,9-10H2,1H3,(H,26,28)/t14?,16?,21-/m0/s1. The molecule has 6 heteroatoms. The number of para-hydroxylation sites is 1. The third-order valence-corrected chi connectivity index (χ3v) is 5.39. The fraction of sp³-hybridized carbons (Fsp3) is 0.273. The molecule has 0 unspecified atom stereocenters. The number of rotatable bonds is 4. The lowest BCUT2D eigenvalue weighted by molar-refractivity contribution is 0.0234. The van der Waals surface area contributed by atoms with Gasteiger partial charge in [0, 0.05) is 11.6 Å². The summed E-state index contributed by atoms with van der Waals surface area (Å²) in [6.45, 7) is 1.48. The summed E-state index contributed by atoms with van der Waals surface area (Å²) in [7, 11) is 0. The van der Waals surface area contributed by atoms with Gasteiger partial charge in [-0.15, -0.1) is 0 Å². The molecule has 1 aliphatic carbocycles. The Morgan fingerprint density at radius 1 is 1.21 bits per heavy atom. The maximum Gasteiger partial charge on any atom is 0.257 e. The quantitative estimate of drug-likeness (QED) is 0.715. The zero-order valence-corrected chi connectivity index (χ0v) is 15.3. The number of pyridine rings is 1. The zero-order chi connectivity index (χ0) is 19.8. The molecule has 4 rings (SSSR count). The average molecular weight is 382 g/mol. The van der Waals surface area contributed by atoms with E-state index in [0.717, 1.165) is 22.5 Å². The van der Waals surface area contributed by atoms with Crippen molar-refractivity contribution in [3.05, 3.63) is 77.0 Å². The van der Waals surface area contributed by atoms with Crippen molar-refractivity contribution in [3.8, 4) is 0 Å². The number of carbonyl (C=O) groups is 1. The van der Waals surface area contributed by atoms with Crippen LogP contribution in [0.15, 0.2) is 48.7 Å². The summed E-state index contributed by atoms with van der Waals surface area (Å²) >= 11 is 0. The van der Waals surface area contributed by atoms with E-state index in [1.165, 1.54) is 13.0 Å². The lowest BCUT2D eigenvalue weighted by Crippen LogP contribution is -2.42. The predicted octanol–water partition coefficient (Wildman–Crippen LogP) is 4.06. The van der Waals surface area contributed by atoms with Gasteiger partial charge in [-0.1, -0.05) is 24.3 Å². The number of amides is 1. The Labute approximate surface area is 161 Å². The number of aliphatic hydroxyl groups is 1. The number of hydrogen-bond acceptors (Lipinski definition) is 3. The van der Waals surface area contributed by atoms with Gasteiger partial charge in [0.25, 0.3) is 5.91 Å². The summed E-state index contributed by atoms with van der Waals surface area (Å²) in [6, 6.07) is 11.4. The molecule has 2 N–H and O–H groups in total. The summed E-state index contributed by atoms with van der Waals surface area (Å²) in [5.41, 5.74) is 1.19. The van der Waals surface area contributed by atoms with Crippen LogP contribution in [-0.2, 0) is 0 Å². The highest BCUT2D eigenvalue weighted by Crippen LogP contribution is 2.38. The molecule has 0 spiro atoms. The van der Waals surface area contributed by atoms with Crippen molar-refractivity contribution in [2.75, 3.05) is 0 Å². The highest BCUT2D eigenvalue weighted by Gasteiger charge is 2.36. The minimum atomic E-state index is -0.898. The van der Waals surface area contributed by atoms with E-state index in [1.807, 2.05) is 30.3 Å². The molecule has 1 fully saturated rings. The Morgan fingerprint density at radius 2 is 1.96 bits per heavy atom. The molecule has 2 aromatic carbocycles. The van der Waals surface area contributed by atoms with Crippen molar-refractivity contribution in [2.24, 2.45) is 5.92 Å². The topological polar surface area (TPSA) is 62.2 Å². The highest BCUT2D eigenvalue weighted by molar-refractivity contribution is 5.95. The number of aromatic nitrogens is 1. The molecule has 4 nitrogen and oxygen atoms in total. The second kappa shape index (κ2) is 7.28. The summed E-state index contributed by atoms with van der Waals surface area (Å²) in [6.07, 6.45) is 2.26. The molecule has 1 aromatic heterocycles. The fourth-order valence-corrected chi connectivity index (χ4v) is 3.71. The third-order valence-electron chi connectivity index (χ3n) is 5.39. The molecule has 1 amide bonds. The number of fused-ring (bicyclic) bond motifs is 1. The van der Waals surface area contributed by atoms with Gasteiger partial charge in [0.1, 0.15) is 17.2 Å². The zero-order valence-electron chi connectivity index (χ0n) is 15.3. The van der Waals surface area contributed by atoms with Crippen LogP contribution in [0.2, 0.25) is 0 Å². The molecule has 0 aliphatic heterocycles. The van der Waals surface area contributed by atoms with Crippen molar-refractivity contribution in [1.82, 2.24) is 10.3 Å². The second-order valence-corrected chi connectivity index (χ2v) is 7.35. The SMILES string of the molecule is Cc1ccc(F)c(C(=O)N[C@H](c2cnc3ccccc3c2)C2CC(O)C2)c1F. The van der Waals surface area contributed by atoms with Gasteiger partial charge in [0.05, 0.1) is 17.7 Å². The maximum absolute atomic E-state index is 14.4. The van der Waals surface area contributed by atoms with Crippen LogP contribution in [0.4, 0.5) is 8.78 Å². The fourth-order valence-electron chi connectivity index (χ4n) is 3.71. The maximum atomic E-state index is 14.4. The molecule has 1 aliphatic rings. The van der Waals surface area contributed by atoms with Crippen LogP contribution in [0.1, 0.15) is 40.4 Å². The van der Waals surface area contributed by atoms with Crippen molar-refractivity contribution in [3.63, 3.8) is 0 Å². The molecular formula is C22H20F2N2O2. The number of nitrogens with zero attached hydrogens (tertiary/aromatic N) is 1. The van der Waals surface area contributed by atoms with E-state index in [4.69, 9.17) is 0 Å². The smallest absolute Gasteiger partial charge is 0.257 e. The van der Waals surface area contributed by atoms with Crippen LogP contribution >= 0.6 is 0 Å². The van der Waals surface area contributed by atoms with Crippen LogP contribution in [0.3, 0.4) is 0 Å². The van der Waals surface area contributed by atoms with Crippen molar-refractivity contribution >= 4 is 16.8 Å². The number of aliphatic hydroxyl groups excluding tert-OH is 1. The normalized spacial score (nSPS) is 19.9. The summed E-state index contributed by atoms with van der Waals surface area (Å²) in [5, 5.41) is 13.4. The third kappa shape index (κ3) is 3.36. The van der Waals surface area contributed by atoms with Gasteiger partial charge in [0.15, 0.2) is 0 Å². The van der Waals surface area contributed by atoms with E-state index >= 15 is 0 Å². The molecule has 0 radical (unpaired) electrons. The van der Waals surface area contributed by atoms with Gasteiger partial charge in [-0.25, -0.2) is 8.78 Å². The molecule has 1 saturated carbocycles. The Balaban J connectivity index is 1.69. The first-order chi connectivity index (χ1) is 13.4. The van der Waals surface area contributed by atoms with E-state index in [2.05, 4.69) is 10.3 Å². The molecule has 0 bridgehead atoms. The van der Waals surface area contributed by atoms with Gasteiger partial charge in [-0.3, -0.25) is 9.78 Å². The molecular weight excluding hydrogens is 362 g/mol. The molecule has 3 aromatic rings. The van der Waals surface area contributed by atoms with Gasteiger partial charge < -0.3 is 10.4 Å². The molecule has 0 saturated heterocycles. The summed E-state index contributed by atoms with van der Waals surface area (Å²) in [4.78, 5) is 17.2. The molecule has 28 heavy (non-hydrogen) atoms. The Morgan fingerprint density at radius 3 is 2.71 bits per heavy atom. The molecule has 1 atom stereocenters. The van der Waals surface area contributed by atoms with E-state index < -0.39 is 35.3 Å². The minimum absolute atomic E-state index is 0.0298. The first-order valence-corrected chi connectivity index (χ1v) is 9.22. The van der Waals surface area contributed by atoms with Crippen LogP contribution in [0.5, 0.6) is 0 Å². The summed E-state index contributed by atoms with van der Waals surface area (Å²) in [5.74, 6) is -2.60. The van der Waals surface area contributed by atoms with Crippen LogP contribution in [-0.4, -0.2) is 22.1 Å². The number of benzene rings is 2. The lowest BCUT2D eigenvalue weighted by Gasteiger charge is -2.38. The van der Waals surface area contributed by atoms with Gasteiger partial charge in [0.2, 0.25) is 0 Å². The largest absolute Gasteiger partial charge is 0.393 e. The first-order valence-electron chi connectivity index (χ1n) is 9.22.